The Balaban J connectivity index is 2.65. The first-order valence-electron chi connectivity index (χ1n) is 3.16. The van der Waals surface area contributed by atoms with Crippen LogP contribution in [0.15, 0.2) is 0 Å². The van der Waals surface area contributed by atoms with Crippen LogP contribution in [-0.4, -0.2) is 35.4 Å². The largest absolute Gasteiger partial charge is 0.481 e. The molecule has 0 aromatic carbocycles. The molecule has 2 atom stereocenters. The highest BCUT2D eigenvalue weighted by Gasteiger charge is 2.38. The van der Waals surface area contributed by atoms with Gasteiger partial charge in [-0.15, -0.1) is 0 Å². The summed E-state index contributed by atoms with van der Waals surface area (Å²) < 4.78 is 4.73. The predicted molar refractivity (Wildman–Crippen MR) is 33.1 cm³/mol. The highest BCUT2D eigenvalue weighted by atomic mass is 16.5. The van der Waals surface area contributed by atoms with Crippen molar-refractivity contribution in [2.45, 2.75) is 0 Å². The fraction of sp³-hybridized carbons (Fsp3) is 0.667. The molecular weight excluding hydrogens is 152 g/mol. The van der Waals surface area contributed by atoms with E-state index in [1.54, 1.807) is 0 Å². The Hall–Kier alpha value is -1.10. The number of aliphatic carboxylic acids is 2. The van der Waals surface area contributed by atoms with Crippen molar-refractivity contribution >= 4 is 11.9 Å². The van der Waals surface area contributed by atoms with Crippen molar-refractivity contribution < 1.29 is 24.5 Å². The van der Waals surface area contributed by atoms with Crippen LogP contribution in [0.4, 0.5) is 0 Å². The summed E-state index contributed by atoms with van der Waals surface area (Å²) in [5, 5.41) is 17.0. The molecule has 1 aliphatic heterocycles. The second kappa shape index (κ2) is 2.87. The zero-order chi connectivity index (χ0) is 8.43. The number of carboxylic acid groups (broad SMARTS) is 2. The Labute approximate surface area is 62.6 Å². The van der Waals surface area contributed by atoms with Gasteiger partial charge < -0.3 is 14.9 Å². The topological polar surface area (TPSA) is 83.8 Å². The van der Waals surface area contributed by atoms with Crippen LogP contribution in [-0.2, 0) is 14.3 Å². The highest BCUT2D eigenvalue weighted by Crippen LogP contribution is 2.20. The maximum absolute atomic E-state index is 10.4. The molecule has 0 bridgehead atoms. The lowest BCUT2D eigenvalue weighted by atomic mass is 9.97. The molecule has 62 valence electrons. The van der Waals surface area contributed by atoms with Crippen molar-refractivity contribution in [2.24, 2.45) is 11.8 Å². The maximum Gasteiger partial charge on any atom is 0.309 e. The third-order valence-electron chi connectivity index (χ3n) is 1.71. The average Bonchev–Trinajstić information content (AvgIpc) is 2.32. The molecule has 0 aromatic rings. The number of carboxylic acids is 2. The Morgan fingerprint density at radius 3 is 1.73 bits per heavy atom. The van der Waals surface area contributed by atoms with Gasteiger partial charge in [0.25, 0.3) is 0 Å². The second-order valence-electron chi connectivity index (χ2n) is 2.43. The minimum atomic E-state index is -1.10. The Morgan fingerprint density at radius 2 is 1.45 bits per heavy atom. The van der Waals surface area contributed by atoms with Crippen LogP contribution < -0.4 is 0 Å². The van der Waals surface area contributed by atoms with Crippen LogP contribution in [0.3, 0.4) is 0 Å². The fourth-order valence-corrected chi connectivity index (χ4v) is 1.04. The molecule has 0 unspecified atom stereocenters. The van der Waals surface area contributed by atoms with Crippen LogP contribution in [0.2, 0.25) is 0 Å². The number of hydrogen-bond acceptors (Lipinski definition) is 3. The van der Waals surface area contributed by atoms with Gasteiger partial charge in [-0.05, 0) is 0 Å². The number of rotatable bonds is 2. The van der Waals surface area contributed by atoms with Gasteiger partial charge in [-0.3, -0.25) is 9.59 Å². The van der Waals surface area contributed by atoms with E-state index in [4.69, 9.17) is 14.9 Å². The van der Waals surface area contributed by atoms with Gasteiger partial charge in [-0.1, -0.05) is 0 Å². The van der Waals surface area contributed by atoms with Crippen molar-refractivity contribution in [3.63, 3.8) is 0 Å². The van der Waals surface area contributed by atoms with E-state index in [0.717, 1.165) is 0 Å². The van der Waals surface area contributed by atoms with E-state index in [-0.39, 0.29) is 13.2 Å². The molecule has 5 nitrogen and oxygen atoms in total. The van der Waals surface area contributed by atoms with Gasteiger partial charge in [0.05, 0.1) is 25.0 Å². The van der Waals surface area contributed by atoms with Gasteiger partial charge in [0.2, 0.25) is 0 Å². The zero-order valence-electron chi connectivity index (χ0n) is 5.69. The summed E-state index contributed by atoms with van der Waals surface area (Å²) in [5.74, 6) is -3.97. The molecule has 0 aromatic heterocycles. The Kier molecular flexibility index (Phi) is 2.09. The lowest BCUT2D eigenvalue weighted by Gasteiger charge is -2.06. The van der Waals surface area contributed by atoms with Crippen LogP contribution in [0, 0.1) is 11.8 Å². The molecule has 1 aliphatic rings. The molecule has 0 spiro atoms. The third kappa shape index (κ3) is 1.48. The van der Waals surface area contributed by atoms with E-state index in [1.165, 1.54) is 0 Å². The van der Waals surface area contributed by atoms with Crippen molar-refractivity contribution in [1.82, 2.24) is 0 Å². The SMILES string of the molecule is O=C(O)[C@H]1COC[C@@H]1C(=O)O. The van der Waals surface area contributed by atoms with Gasteiger partial charge >= 0.3 is 11.9 Å². The first-order valence-corrected chi connectivity index (χ1v) is 3.16. The second-order valence-corrected chi connectivity index (χ2v) is 2.43. The smallest absolute Gasteiger partial charge is 0.309 e. The van der Waals surface area contributed by atoms with E-state index in [2.05, 4.69) is 0 Å². The first-order chi connectivity index (χ1) is 5.13. The van der Waals surface area contributed by atoms with E-state index in [0.29, 0.717) is 0 Å². The monoisotopic (exact) mass is 160 g/mol. The number of ether oxygens (including phenoxy) is 1. The number of hydrogen-bond donors (Lipinski definition) is 2. The van der Waals surface area contributed by atoms with Crippen LogP contribution in [0.1, 0.15) is 0 Å². The molecule has 0 aliphatic carbocycles. The summed E-state index contributed by atoms with van der Waals surface area (Å²) in [6.07, 6.45) is 0. The maximum atomic E-state index is 10.4. The Morgan fingerprint density at radius 1 is 1.09 bits per heavy atom. The molecule has 5 heteroatoms. The van der Waals surface area contributed by atoms with Gasteiger partial charge in [0, 0.05) is 0 Å². The Bertz CT molecular complexity index is 167. The normalized spacial score (nSPS) is 30.2. The molecule has 11 heavy (non-hydrogen) atoms. The summed E-state index contributed by atoms with van der Waals surface area (Å²) in [4.78, 5) is 20.7. The summed E-state index contributed by atoms with van der Waals surface area (Å²) in [6.45, 7) is 0.0125. The molecule has 2 N–H and O–H groups in total. The van der Waals surface area contributed by atoms with E-state index in [1.807, 2.05) is 0 Å². The van der Waals surface area contributed by atoms with Crippen LogP contribution in [0.5, 0.6) is 0 Å². The average molecular weight is 160 g/mol. The van der Waals surface area contributed by atoms with Gasteiger partial charge in [0.15, 0.2) is 0 Å². The summed E-state index contributed by atoms with van der Waals surface area (Å²) in [5.41, 5.74) is 0. The van der Waals surface area contributed by atoms with Gasteiger partial charge in [-0.25, -0.2) is 0 Å². The van der Waals surface area contributed by atoms with Crippen molar-refractivity contribution in [3.8, 4) is 0 Å². The molecule has 0 amide bonds. The van der Waals surface area contributed by atoms with Crippen molar-refractivity contribution in [1.29, 1.82) is 0 Å². The molecule has 1 saturated heterocycles. The van der Waals surface area contributed by atoms with Gasteiger partial charge in [-0.2, -0.15) is 0 Å². The van der Waals surface area contributed by atoms with Crippen LogP contribution >= 0.6 is 0 Å². The summed E-state index contributed by atoms with van der Waals surface area (Å²) in [6, 6.07) is 0. The molecular formula is C6H8O5. The third-order valence-corrected chi connectivity index (χ3v) is 1.71. The minimum Gasteiger partial charge on any atom is -0.481 e. The van der Waals surface area contributed by atoms with E-state index >= 15 is 0 Å². The van der Waals surface area contributed by atoms with Gasteiger partial charge in [0.1, 0.15) is 0 Å². The quantitative estimate of drug-likeness (QED) is 0.564. The molecule has 0 saturated carbocycles. The summed E-state index contributed by atoms with van der Waals surface area (Å²) >= 11 is 0. The molecule has 1 heterocycles. The standard InChI is InChI=1S/C6H8O5/c7-5(8)3-1-11-2-4(3)6(9)10/h3-4H,1-2H2,(H,7,8)(H,9,10)/t3-,4-/m0/s1. The highest BCUT2D eigenvalue weighted by molar-refractivity contribution is 5.80. The molecule has 1 rings (SSSR count). The molecule has 1 fully saturated rings. The lowest BCUT2D eigenvalue weighted by molar-refractivity contribution is -0.151. The lowest BCUT2D eigenvalue weighted by Crippen LogP contribution is -2.28. The van der Waals surface area contributed by atoms with Crippen molar-refractivity contribution in [3.05, 3.63) is 0 Å². The first kappa shape index (κ1) is 8.00. The zero-order valence-corrected chi connectivity index (χ0v) is 5.69. The fourth-order valence-electron chi connectivity index (χ4n) is 1.04. The number of carbonyl (C=O) groups is 2. The van der Waals surface area contributed by atoms with E-state index in [9.17, 15) is 9.59 Å². The van der Waals surface area contributed by atoms with E-state index < -0.39 is 23.8 Å². The van der Waals surface area contributed by atoms with Crippen molar-refractivity contribution in [2.75, 3.05) is 13.2 Å². The summed E-state index contributed by atoms with van der Waals surface area (Å²) in [7, 11) is 0. The minimum absolute atomic E-state index is 0.00625. The molecule has 0 radical (unpaired) electrons. The predicted octanol–water partition coefficient (Wildman–Crippen LogP) is -0.582. The van der Waals surface area contributed by atoms with Crippen LogP contribution in [0.25, 0.3) is 0 Å².